The van der Waals surface area contributed by atoms with Crippen molar-refractivity contribution in [1.29, 1.82) is 5.26 Å². The number of rotatable bonds is 5. The van der Waals surface area contributed by atoms with Crippen molar-refractivity contribution in [2.45, 2.75) is 25.8 Å². The van der Waals surface area contributed by atoms with Crippen molar-refractivity contribution < 1.29 is 0 Å². The SMILES string of the molecule is CCCC(Nc1cc(Cl)ccc1C#N)c1ccccc1. The zero-order valence-electron chi connectivity index (χ0n) is 11.4. The second kappa shape index (κ2) is 6.98. The third-order valence-electron chi connectivity index (χ3n) is 3.21. The molecule has 0 amide bonds. The molecule has 0 saturated carbocycles. The molecule has 0 fully saturated rings. The highest BCUT2D eigenvalue weighted by atomic mass is 35.5. The summed E-state index contributed by atoms with van der Waals surface area (Å²) in [4.78, 5) is 0. The van der Waals surface area contributed by atoms with Gasteiger partial charge in [0.1, 0.15) is 6.07 Å². The Hall–Kier alpha value is -1.98. The summed E-state index contributed by atoms with van der Waals surface area (Å²) in [5.41, 5.74) is 2.63. The fourth-order valence-corrected chi connectivity index (χ4v) is 2.39. The first-order chi connectivity index (χ1) is 9.74. The van der Waals surface area contributed by atoms with Gasteiger partial charge in [-0.25, -0.2) is 0 Å². The summed E-state index contributed by atoms with van der Waals surface area (Å²) < 4.78 is 0. The smallest absolute Gasteiger partial charge is 0.101 e. The highest BCUT2D eigenvalue weighted by Gasteiger charge is 2.12. The summed E-state index contributed by atoms with van der Waals surface area (Å²) in [5.74, 6) is 0. The van der Waals surface area contributed by atoms with Crippen LogP contribution in [0.4, 0.5) is 5.69 Å². The first kappa shape index (κ1) is 14.4. The Morgan fingerprint density at radius 3 is 2.60 bits per heavy atom. The minimum absolute atomic E-state index is 0.187. The van der Waals surface area contributed by atoms with E-state index in [1.165, 1.54) is 5.56 Å². The van der Waals surface area contributed by atoms with Gasteiger partial charge in [0, 0.05) is 5.02 Å². The third-order valence-corrected chi connectivity index (χ3v) is 3.45. The molecule has 3 heteroatoms. The number of hydrogen-bond donors (Lipinski definition) is 1. The van der Waals surface area contributed by atoms with Crippen molar-refractivity contribution in [3.63, 3.8) is 0 Å². The van der Waals surface area contributed by atoms with Gasteiger partial charge in [0.05, 0.1) is 17.3 Å². The lowest BCUT2D eigenvalue weighted by molar-refractivity contribution is 0.677. The van der Waals surface area contributed by atoms with Crippen LogP contribution < -0.4 is 5.32 Å². The summed E-state index contributed by atoms with van der Waals surface area (Å²) in [6.07, 6.45) is 2.07. The molecule has 0 radical (unpaired) electrons. The quantitative estimate of drug-likeness (QED) is 0.822. The maximum Gasteiger partial charge on any atom is 0.101 e. The minimum atomic E-state index is 0.187. The molecule has 20 heavy (non-hydrogen) atoms. The molecule has 1 N–H and O–H groups in total. The van der Waals surface area contributed by atoms with Crippen LogP contribution in [-0.4, -0.2) is 0 Å². The van der Waals surface area contributed by atoms with Crippen molar-refractivity contribution >= 4 is 17.3 Å². The van der Waals surface area contributed by atoms with Crippen LogP contribution in [0.5, 0.6) is 0 Å². The van der Waals surface area contributed by atoms with Gasteiger partial charge in [-0.15, -0.1) is 0 Å². The van der Waals surface area contributed by atoms with Crippen LogP contribution in [0.1, 0.15) is 36.9 Å². The molecule has 2 aromatic rings. The van der Waals surface area contributed by atoms with Crippen molar-refractivity contribution in [3.8, 4) is 6.07 Å². The molecule has 0 aliphatic heterocycles. The summed E-state index contributed by atoms with van der Waals surface area (Å²) in [6, 6.07) is 18.0. The predicted molar refractivity (Wildman–Crippen MR) is 83.9 cm³/mol. The second-order valence-electron chi connectivity index (χ2n) is 4.70. The van der Waals surface area contributed by atoms with E-state index in [1.54, 1.807) is 12.1 Å². The zero-order valence-corrected chi connectivity index (χ0v) is 12.2. The molecule has 0 saturated heterocycles. The summed E-state index contributed by atoms with van der Waals surface area (Å²) in [7, 11) is 0. The van der Waals surface area contributed by atoms with Crippen molar-refractivity contribution in [1.82, 2.24) is 0 Å². The second-order valence-corrected chi connectivity index (χ2v) is 5.13. The third kappa shape index (κ3) is 3.53. The number of hydrogen-bond acceptors (Lipinski definition) is 2. The van der Waals surface area contributed by atoms with Crippen LogP contribution in [0, 0.1) is 11.3 Å². The lowest BCUT2D eigenvalue weighted by atomic mass is 10.0. The van der Waals surface area contributed by atoms with Gasteiger partial charge in [0.15, 0.2) is 0 Å². The van der Waals surface area contributed by atoms with Crippen molar-refractivity contribution in [2.75, 3.05) is 5.32 Å². The fraction of sp³-hybridized carbons (Fsp3) is 0.235. The van der Waals surface area contributed by atoms with Crippen molar-refractivity contribution in [2.24, 2.45) is 0 Å². The lowest BCUT2D eigenvalue weighted by Crippen LogP contribution is -2.11. The number of anilines is 1. The molecule has 0 aliphatic rings. The molecule has 0 aliphatic carbocycles. The molecule has 2 rings (SSSR count). The first-order valence-corrected chi connectivity index (χ1v) is 7.13. The topological polar surface area (TPSA) is 35.8 Å². The average Bonchev–Trinajstić information content (AvgIpc) is 2.48. The Morgan fingerprint density at radius 1 is 1.20 bits per heavy atom. The van der Waals surface area contributed by atoms with Crippen LogP contribution >= 0.6 is 11.6 Å². The van der Waals surface area contributed by atoms with Gasteiger partial charge in [-0.2, -0.15) is 5.26 Å². The maximum atomic E-state index is 9.19. The number of nitrogens with zero attached hydrogens (tertiary/aromatic N) is 1. The minimum Gasteiger partial charge on any atom is -0.377 e. The van der Waals surface area contributed by atoms with E-state index in [0.717, 1.165) is 18.5 Å². The Morgan fingerprint density at radius 2 is 1.95 bits per heavy atom. The Labute approximate surface area is 125 Å². The van der Waals surface area contributed by atoms with E-state index in [0.29, 0.717) is 10.6 Å². The zero-order chi connectivity index (χ0) is 14.4. The first-order valence-electron chi connectivity index (χ1n) is 6.75. The van der Waals surface area contributed by atoms with Crippen LogP contribution in [0.3, 0.4) is 0 Å². The van der Waals surface area contributed by atoms with Gasteiger partial charge < -0.3 is 5.32 Å². The number of halogens is 1. The number of nitrogens with one attached hydrogen (secondary N) is 1. The standard InChI is InChI=1S/C17H17ClN2/c1-2-6-16(13-7-4-3-5-8-13)20-17-11-15(18)10-9-14(17)12-19/h3-5,7-11,16,20H,2,6H2,1H3. The van der Waals surface area contributed by atoms with Crippen LogP contribution in [0.25, 0.3) is 0 Å². The van der Waals surface area contributed by atoms with E-state index < -0.39 is 0 Å². The van der Waals surface area contributed by atoms with Crippen LogP contribution in [0.2, 0.25) is 5.02 Å². The van der Waals surface area contributed by atoms with E-state index in [9.17, 15) is 5.26 Å². The van der Waals surface area contributed by atoms with E-state index >= 15 is 0 Å². The highest BCUT2D eigenvalue weighted by molar-refractivity contribution is 6.30. The van der Waals surface area contributed by atoms with Gasteiger partial charge in [0.25, 0.3) is 0 Å². The molecule has 102 valence electrons. The molecular formula is C17H17ClN2. The lowest BCUT2D eigenvalue weighted by Gasteiger charge is -2.20. The summed E-state index contributed by atoms with van der Waals surface area (Å²) >= 11 is 6.03. The number of benzene rings is 2. The number of nitriles is 1. The van der Waals surface area contributed by atoms with Crippen LogP contribution in [-0.2, 0) is 0 Å². The van der Waals surface area contributed by atoms with Gasteiger partial charge in [-0.05, 0) is 30.2 Å². The molecule has 0 heterocycles. The molecular weight excluding hydrogens is 268 g/mol. The Bertz CT molecular complexity index is 602. The van der Waals surface area contributed by atoms with Crippen LogP contribution in [0.15, 0.2) is 48.5 Å². The van der Waals surface area contributed by atoms with Crippen molar-refractivity contribution in [3.05, 3.63) is 64.7 Å². The monoisotopic (exact) mass is 284 g/mol. The van der Waals surface area contributed by atoms with E-state index in [-0.39, 0.29) is 6.04 Å². The van der Waals surface area contributed by atoms with Gasteiger partial charge in [-0.3, -0.25) is 0 Å². The summed E-state index contributed by atoms with van der Waals surface area (Å²) in [5, 5.41) is 13.3. The highest BCUT2D eigenvalue weighted by Crippen LogP contribution is 2.27. The predicted octanol–water partition coefficient (Wildman–Crippen LogP) is 5.16. The Kier molecular flexibility index (Phi) is 5.03. The normalized spacial score (nSPS) is 11.7. The fourth-order valence-electron chi connectivity index (χ4n) is 2.22. The molecule has 1 atom stereocenters. The molecule has 1 unspecified atom stereocenters. The Balaban J connectivity index is 2.29. The van der Waals surface area contributed by atoms with E-state index in [4.69, 9.17) is 11.6 Å². The molecule has 0 aromatic heterocycles. The largest absolute Gasteiger partial charge is 0.377 e. The van der Waals surface area contributed by atoms with Gasteiger partial charge in [0.2, 0.25) is 0 Å². The molecule has 0 bridgehead atoms. The average molecular weight is 285 g/mol. The maximum absolute atomic E-state index is 9.19. The molecule has 0 spiro atoms. The van der Waals surface area contributed by atoms with Gasteiger partial charge >= 0.3 is 0 Å². The summed E-state index contributed by atoms with van der Waals surface area (Å²) in [6.45, 7) is 2.15. The van der Waals surface area contributed by atoms with Gasteiger partial charge in [-0.1, -0.05) is 55.3 Å². The molecule has 2 nitrogen and oxygen atoms in total. The molecule has 2 aromatic carbocycles. The van der Waals surface area contributed by atoms with E-state index in [1.807, 2.05) is 24.3 Å². The van der Waals surface area contributed by atoms with E-state index in [2.05, 4.69) is 30.4 Å².